The van der Waals surface area contributed by atoms with Crippen LogP contribution >= 0.6 is 31.9 Å². The Labute approximate surface area is 202 Å². The Balaban J connectivity index is 2.06. The quantitative estimate of drug-likeness (QED) is 0.269. The van der Waals surface area contributed by atoms with Crippen LogP contribution in [0.3, 0.4) is 0 Å². The Morgan fingerprint density at radius 3 is 2.16 bits per heavy atom. The molecular formula is C21H19Br2NO7S. The van der Waals surface area contributed by atoms with Crippen LogP contribution in [-0.2, 0) is 19.0 Å². The van der Waals surface area contributed by atoms with Crippen LogP contribution in [-0.4, -0.2) is 53.3 Å². The monoisotopic (exact) mass is 587 g/mol. The van der Waals surface area contributed by atoms with E-state index in [1.807, 2.05) is 0 Å². The van der Waals surface area contributed by atoms with Crippen molar-refractivity contribution in [1.29, 1.82) is 0 Å². The molecule has 3 rings (SSSR count). The van der Waals surface area contributed by atoms with Crippen molar-refractivity contribution >= 4 is 59.1 Å². The van der Waals surface area contributed by atoms with Gasteiger partial charge in [-0.1, -0.05) is 24.3 Å². The van der Waals surface area contributed by atoms with Gasteiger partial charge in [-0.25, -0.2) is 0 Å². The first kappa shape index (κ1) is 24.6. The van der Waals surface area contributed by atoms with Gasteiger partial charge in [-0.2, -0.15) is 8.42 Å². The molecule has 0 saturated carbocycles. The van der Waals surface area contributed by atoms with E-state index >= 15 is 0 Å². The van der Waals surface area contributed by atoms with Gasteiger partial charge >= 0.3 is 0 Å². The third kappa shape index (κ3) is 5.46. The van der Waals surface area contributed by atoms with Gasteiger partial charge in [0.05, 0.1) is 33.1 Å². The van der Waals surface area contributed by atoms with Crippen molar-refractivity contribution < 1.29 is 31.7 Å². The first-order valence-electron chi connectivity index (χ1n) is 9.26. The molecule has 0 aliphatic heterocycles. The molecule has 1 aliphatic carbocycles. The van der Waals surface area contributed by atoms with Crippen LogP contribution in [0.25, 0.3) is 5.57 Å². The second-order valence-electron chi connectivity index (χ2n) is 6.73. The van der Waals surface area contributed by atoms with E-state index in [-0.39, 0.29) is 53.9 Å². The average Bonchev–Trinajstić information content (AvgIpc) is 2.73. The molecule has 0 amide bonds. The van der Waals surface area contributed by atoms with Crippen molar-refractivity contribution in [3.63, 3.8) is 0 Å². The van der Waals surface area contributed by atoms with Crippen molar-refractivity contribution in [1.82, 2.24) is 5.32 Å². The van der Waals surface area contributed by atoms with Crippen molar-refractivity contribution in [2.75, 3.05) is 33.3 Å². The highest BCUT2D eigenvalue weighted by molar-refractivity contribution is 9.11. The summed E-state index contributed by atoms with van der Waals surface area (Å²) in [7, 11) is -2.14. The van der Waals surface area contributed by atoms with Gasteiger partial charge in [-0.3, -0.25) is 13.8 Å². The molecule has 170 valence electrons. The van der Waals surface area contributed by atoms with Crippen LogP contribution in [0.2, 0.25) is 0 Å². The summed E-state index contributed by atoms with van der Waals surface area (Å²) in [6.07, 6.45) is 0.936. The zero-order valence-corrected chi connectivity index (χ0v) is 21.1. The molecule has 32 heavy (non-hydrogen) atoms. The molecule has 0 spiro atoms. The number of Topliss-reactive ketones (excluding diaryl/α,β-unsaturated/α-hetero) is 2. The molecule has 2 aromatic rings. The number of ether oxygens (including phenoxy) is 2. The molecule has 0 saturated heterocycles. The smallest absolute Gasteiger partial charge is 0.264 e. The highest BCUT2D eigenvalue weighted by Gasteiger charge is 2.33. The van der Waals surface area contributed by atoms with E-state index in [1.54, 1.807) is 36.4 Å². The Morgan fingerprint density at radius 1 is 1.00 bits per heavy atom. The number of fused-ring (bicyclic) bond motifs is 1. The third-order valence-electron chi connectivity index (χ3n) is 4.43. The van der Waals surface area contributed by atoms with Crippen LogP contribution in [0.5, 0.6) is 5.75 Å². The number of carbonyl (C=O) groups excluding carboxylic acids is 2. The summed E-state index contributed by atoms with van der Waals surface area (Å²) in [6, 6.07) is 9.87. The number of allylic oxidation sites excluding steroid dienone is 2. The van der Waals surface area contributed by atoms with Gasteiger partial charge in [0.2, 0.25) is 5.78 Å². The number of halogens is 2. The van der Waals surface area contributed by atoms with Gasteiger partial charge in [0.1, 0.15) is 0 Å². The summed E-state index contributed by atoms with van der Waals surface area (Å²) < 4.78 is 38.7. The molecule has 1 N–H and O–H groups in total. The SMILES string of the molecule is COCOc1c(Br)cc(C2=C(NCCOS(C)(=O)=O)C(=O)c3ccccc3C2=O)cc1Br. The maximum Gasteiger partial charge on any atom is 0.264 e. The van der Waals surface area contributed by atoms with E-state index < -0.39 is 10.1 Å². The first-order chi connectivity index (χ1) is 15.1. The lowest BCUT2D eigenvalue weighted by Crippen LogP contribution is -2.32. The number of hydrogen-bond acceptors (Lipinski definition) is 8. The minimum Gasteiger partial charge on any atom is -0.465 e. The molecule has 1 aliphatic rings. The van der Waals surface area contributed by atoms with Crippen LogP contribution in [0.4, 0.5) is 0 Å². The number of ketones is 2. The molecule has 0 aromatic heterocycles. The molecule has 2 aromatic carbocycles. The van der Waals surface area contributed by atoms with Gasteiger partial charge in [0.15, 0.2) is 18.3 Å². The van der Waals surface area contributed by atoms with E-state index in [2.05, 4.69) is 37.2 Å². The average molecular weight is 589 g/mol. The Kier molecular flexibility index (Phi) is 7.88. The number of methoxy groups -OCH3 is 1. The normalized spacial score (nSPS) is 13.9. The summed E-state index contributed by atoms with van der Waals surface area (Å²) in [5, 5.41) is 2.89. The van der Waals surface area contributed by atoms with E-state index in [0.29, 0.717) is 20.3 Å². The standard InChI is InChI=1S/C21H19Br2NO7S/c1-29-11-30-21-15(22)9-12(10-16(21)23)17-18(24-7-8-31-32(2,27)28)20(26)14-6-4-3-5-13(14)19(17)25/h3-6,9-10,24H,7-8,11H2,1-2H3. The van der Waals surface area contributed by atoms with E-state index in [1.165, 1.54) is 7.11 Å². The molecule has 8 nitrogen and oxygen atoms in total. The summed E-state index contributed by atoms with van der Waals surface area (Å²) in [4.78, 5) is 26.6. The Hall–Kier alpha value is -2.05. The number of nitrogens with one attached hydrogen (secondary N) is 1. The van der Waals surface area contributed by atoms with Gasteiger partial charge < -0.3 is 14.8 Å². The third-order valence-corrected chi connectivity index (χ3v) is 6.20. The van der Waals surface area contributed by atoms with Crippen molar-refractivity contribution in [3.8, 4) is 5.75 Å². The molecule has 0 bridgehead atoms. The van der Waals surface area contributed by atoms with Gasteiger partial charge in [0, 0.05) is 24.8 Å². The highest BCUT2D eigenvalue weighted by atomic mass is 79.9. The second kappa shape index (κ2) is 10.3. The van der Waals surface area contributed by atoms with Crippen LogP contribution in [0.15, 0.2) is 51.0 Å². The van der Waals surface area contributed by atoms with Crippen molar-refractivity contribution in [2.24, 2.45) is 0 Å². The summed E-state index contributed by atoms with van der Waals surface area (Å²) in [5.74, 6) is -0.236. The molecule has 0 unspecified atom stereocenters. The highest BCUT2D eigenvalue weighted by Crippen LogP contribution is 2.39. The molecule has 0 fully saturated rings. The van der Waals surface area contributed by atoms with Crippen LogP contribution < -0.4 is 10.1 Å². The lowest BCUT2D eigenvalue weighted by Gasteiger charge is -2.23. The van der Waals surface area contributed by atoms with E-state index in [9.17, 15) is 18.0 Å². The largest absolute Gasteiger partial charge is 0.465 e. The molecule has 0 heterocycles. The molecule has 0 atom stereocenters. The topological polar surface area (TPSA) is 108 Å². The maximum absolute atomic E-state index is 13.4. The first-order valence-corrected chi connectivity index (χ1v) is 12.7. The lowest BCUT2D eigenvalue weighted by atomic mass is 9.84. The fourth-order valence-electron chi connectivity index (χ4n) is 3.15. The van der Waals surface area contributed by atoms with Gasteiger partial charge in [0.25, 0.3) is 10.1 Å². The summed E-state index contributed by atoms with van der Waals surface area (Å²) in [5.41, 5.74) is 1.25. The lowest BCUT2D eigenvalue weighted by molar-refractivity contribution is 0.0500. The van der Waals surface area contributed by atoms with Crippen LogP contribution in [0.1, 0.15) is 26.3 Å². The molecular weight excluding hydrogens is 570 g/mol. The fourth-order valence-corrected chi connectivity index (χ4v) is 4.95. The summed E-state index contributed by atoms with van der Waals surface area (Å²) >= 11 is 6.86. The number of hydrogen-bond donors (Lipinski definition) is 1. The van der Waals surface area contributed by atoms with E-state index in [4.69, 9.17) is 13.7 Å². The number of rotatable bonds is 9. The summed E-state index contributed by atoms with van der Waals surface area (Å²) in [6.45, 7) is -0.169. The van der Waals surface area contributed by atoms with Gasteiger partial charge in [-0.15, -0.1) is 0 Å². The predicted octanol–water partition coefficient (Wildman–Crippen LogP) is 3.55. The minimum atomic E-state index is -3.63. The van der Waals surface area contributed by atoms with Crippen molar-refractivity contribution in [3.05, 3.63) is 67.7 Å². The van der Waals surface area contributed by atoms with Gasteiger partial charge in [-0.05, 0) is 49.6 Å². The molecule has 0 radical (unpaired) electrons. The predicted molar refractivity (Wildman–Crippen MR) is 125 cm³/mol. The minimum absolute atomic E-state index is 0.00443. The van der Waals surface area contributed by atoms with Crippen molar-refractivity contribution in [2.45, 2.75) is 0 Å². The van der Waals surface area contributed by atoms with Crippen LogP contribution in [0, 0.1) is 0 Å². The fraction of sp³-hybridized carbons (Fsp3) is 0.238. The number of benzene rings is 2. The zero-order chi connectivity index (χ0) is 23.5. The zero-order valence-electron chi connectivity index (χ0n) is 17.1. The Morgan fingerprint density at radius 2 is 1.59 bits per heavy atom. The second-order valence-corrected chi connectivity index (χ2v) is 10.1. The van der Waals surface area contributed by atoms with E-state index in [0.717, 1.165) is 6.26 Å². The Bertz CT molecular complexity index is 1190. The number of carbonyl (C=O) groups is 2. The molecule has 11 heteroatoms. The maximum atomic E-state index is 13.4.